The Morgan fingerprint density at radius 1 is 1.11 bits per heavy atom. The minimum Gasteiger partial charge on any atom is -0.350 e. The van der Waals surface area contributed by atoms with Crippen LogP contribution in [0.3, 0.4) is 0 Å². The molecule has 0 fully saturated rings. The van der Waals surface area contributed by atoms with Gasteiger partial charge in [-0.2, -0.15) is 0 Å². The SMILES string of the molecule is Cn1c(C(=O)NCCC2=CCCCC2)cc2c(=O)n(C)c3ccccc3c21. The molecule has 5 heteroatoms. The zero-order valence-electron chi connectivity index (χ0n) is 15.9. The third-order valence-electron chi connectivity index (χ3n) is 5.64. The first-order valence-electron chi connectivity index (χ1n) is 9.61. The normalized spacial score (nSPS) is 14.5. The summed E-state index contributed by atoms with van der Waals surface area (Å²) in [5.74, 6) is -0.128. The Balaban J connectivity index is 1.66. The lowest BCUT2D eigenvalue weighted by molar-refractivity contribution is 0.0946. The highest BCUT2D eigenvalue weighted by Crippen LogP contribution is 2.25. The molecule has 1 aromatic carbocycles. The van der Waals surface area contributed by atoms with Crippen molar-refractivity contribution < 1.29 is 4.79 Å². The van der Waals surface area contributed by atoms with E-state index in [1.54, 1.807) is 17.7 Å². The van der Waals surface area contributed by atoms with E-state index in [4.69, 9.17) is 0 Å². The number of rotatable bonds is 4. The van der Waals surface area contributed by atoms with Crippen molar-refractivity contribution in [3.63, 3.8) is 0 Å². The summed E-state index contributed by atoms with van der Waals surface area (Å²) in [5, 5.41) is 4.58. The fourth-order valence-electron chi connectivity index (χ4n) is 4.12. The van der Waals surface area contributed by atoms with Crippen LogP contribution in [-0.2, 0) is 14.1 Å². The Labute approximate surface area is 158 Å². The van der Waals surface area contributed by atoms with Gasteiger partial charge in [0.2, 0.25) is 0 Å². The van der Waals surface area contributed by atoms with Crippen LogP contribution in [0.5, 0.6) is 0 Å². The van der Waals surface area contributed by atoms with Gasteiger partial charge in [-0.15, -0.1) is 0 Å². The van der Waals surface area contributed by atoms with Crippen LogP contribution in [0.1, 0.15) is 42.6 Å². The number of para-hydroxylation sites is 1. The number of carbonyl (C=O) groups excluding carboxylic acids is 1. The van der Waals surface area contributed by atoms with E-state index in [0.717, 1.165) is 35.7 Å². The Hall–Kier alpha value is -2.82. The maximum atomic E-state index is 12.8. The van der Waals surface area contributed by atoms with Gasteiger partial charge in [-0.05, 0) is 44.2 Å². The van der Waals surface area contributed by atoms with Gasteiger partial charge in [0, 0.05) is 26.0 Å². The van der Waals surface area contributed by atoms with Crippen LogP contribution < -0.4 is 10.9 Å². The fraction of sp³-hybridized carbons (Fsp3) is 0.364. The third kappa shape index (κ3) is 3.07. The summed E-state index contributed by atoms with van der Waals surface area (Å²) >= 11 is 0. The van der Waals surface area contributed by atoms with Crippen molar-refractivity contribution in [2.75, 3.05) is 6.54 Å². The monoisotopic (exact) mass is 363 g/mol. The van der Waals surface area contributed by atoms with Gasteiger partial charge in [-0.1, -0.05) is 29.8 Å². The maximum Gasteiger partial charge on any atom is 0.267 e. The van der Waals surface area contributed by atoms with Gasteiger partial charge in [0.1, 0.15) is 5.69 Å². The number of nitrogens with zero attached hydrogens (tertiary/aromatic N) is 2. The average Bonchev–Trinajstić information content (AvgIpc) is 3.04. The lowest BCUT2D eigenvalue weighted by Gasteiger charge is -2.13. The van der Waals surface area contributed by atoms with Gasteiger partial charge < -0.3 is 14.5 Å². The minimum atomic E-state index is -0.128. The lowest BCUT2D eigenvalue weighted by atomic mass is 9.97. The Kier molecular flexibility index (Phi) is 4.60. The van der Waals surface area contributed by atoms with Crippen LogP contribution in [0, 0.1) is 0 Å². The van der Waals surface area contributed by atoms with Crippen molar-refractivity contribution in [3.05, 3.63) is 58.0 Å². The molecule has 0 spiro atoms. The summed E-state index contributed by atoms with van der Waals surface area (Å²) in [6, 6.07) is 9.52. The van der Waals surface area contributed by atoms with Crippen molar-refractivity contribution >= 4 is 27.7 Å². The van der Waals surface area contributed by atoms with Crippen LogP contribution in [-0.4, -0.2) is 21.6 Å². The number of carbonyl (C=O) groups is 1. The number of nitrogens with one attached hydrogen (secondary N) is 1. The summed E-state index contributed by atoms with van der Waals surface area (Å²) in [6.45, 7) is 0.630. The second-order valence-electron chi connectivity index (χ2n) is 7.35. The van der Waals surface area contributed by atoms with E-state index in [1.165, 1.54) is 18.4 Å². The van der Waals surface area contributed by atoms with Gasteiger partial charge in [0.25, 0.3) is 11.5 Å². The molecule has 2 heterocycles. The molecule has 1 aliphatic rings. The molecule has 1 aliphatic carbocycles. The zero-order valence-corrected chi connectivity index (χ0v) is 15.9. The van der Waals surface area contributed by atoms with Crippen molar-refractivity contribution in [1.29, 1.82) is 0 Å². The van der Waals surface area contributed by atoms with Crippen LogP contribution in [0.2, 0.25) is 0 Å². The topological polar surface area (TPSA) is 56.0 Å². The highest BCUT2D eigenvalue weighted by molar-refractivity contribution is 6.08. The first-order chi connectivity index (χ1) is 13.1. The number of hydrogen-bond donors (Lipinski definition) is 1. The van der Waals surface area contributed by atoms with E-state index < -0.39 is 0 Å². The maximum absolute atomic E-state index is 12.8. The molecular weight excluding hydrogens is 338 g/mol. The number of amides is 1. The summed E-state index contributed by atoms with van der Waals surface area (Å²) < 4.78 is 3.49. The van der Waals surface area contributed by atoms with Gasteiger partial charge >= 0.3 is 0 Å². The molecular formula is C22H25N3O2. The molecule has 1 amide bonds. The van der Waals surface area contributed by atoms with E-state index in [2.05, 4.69) is 11.4 Å². The van der Waals surface area contributed by atoms with Crippen LogP contribution in [0.15, 0.2) is 46.8 Å². The molecule has 0 bridgehead atoms. The summed E-state index contributed by atoms with van der Waals surface area (Å²) in [4.78, 5) is 25.5. The number of benzene rings is 1. The van der Waals surface area contributed by atoms with Crippen LogP contribution in [0.25, 0.3) is 21.8 Å². The van der Waals surface area contributed by atoms with Gasteiger partial charge in [-0.25, -0.2) is 0 Å². The molecule has 2 aromatic heterocycles. The number of fused-ring (bicyclic) bond motifs is 3. The molecule has 1 N–H and O–H groups in total. The number of aromatic nitrogens is 2. The van der Waals surface area contributed by atoms with Crippen molar-refractivity contribution in [1.82, 2.24) is 14.5 Å². The van der Waals surface area contributed by atoms with E-state index in [1.807, 2.05) is 35.9 Å². The molecule has 5 nitrogen and oxygen atoms in total. The predicted octanol–water partition coefficient (Wildman–Crippen LogP) is 3.65. The van der Waals surface area contributed by atoms with E-state index in [0.29, 0.717) is 17.6 Å². The second-order valence-corrected chi connectivity index (χ2v) is 7.35. The Morgan fingerprint density at radius 2 is 1.93 bits per heavy atom. The summed E-state index contributed by atoms with van der Waals surface area (Å²) in [7, 11) is 3.63. The van der Waals surface area contributed by atoms with Crippen molar-refractivity contribution in [2.24, 2.45) is 14.1 Å². The zero-order chi connectivity index (χ0) is 19.0. The largest absolute Gasteiger partial charge is 0.350 e. The molecule has 0 atom stereocenters. The van der Waals surface area contributed by atoms with E-state index >= 15 is 0 Å². The minimum absolute atomic E-state index is 0.0780. The molecule has 140 valence electrons. The molecule has 0 aliphatic heterocycles. The number of aryl methyl sites for hydroxylation is 2. The average molecular weight is 363 g/mol. The quantitative estimate of drug-likeness (QED) is 0.720. The van der Waals surface area contributed by atoms with Crippen LogP contribution in [0.4, 0.5) is 0 Å². The van der Waals surface area contributed by atoms with Gasteiger partial charge in [0.15, 0.2) is 0 Å². The molecule has 0 saturated heterocycles. The first-order valence-corrected chi connectivity index (χ1v) is 9.61. The van der Waals surface area contributed by atoms with E-state index in [-0.39, 0.29) is 11.5 Å². The second kappa shape index (κ2) is 7.06. The Bertz CT molecular complexity index is 1120. The molecule has 4 rings (SSSR count). The van der Waals surface area contributed by atoms with Crippen molar-refractivity contribution in [2.45, 2.75) is 32.1 Å². The number of allylic oxidation sites excluding steroid dienone is 1. The number of hydrogen-bond acceptors (Lipinski definition) is 2. The van der Waals surface area contributed by atoms with E-state index in [9.17, 15) is 9.59 Å². The smallest absolute Gasteiger partial charge is 0.267 e. The van der Waals surface area contributed by atoms with Crippen molar-refractivity contribution in [3.8, 4) is 0 Å². The predicted molar refractivity (Wildman–Crippen MR) is 109 cm³/mol. The standard InChI is InChI=1S/C22H25N3O2/c1-24-19(21(26)23-13-12-15-8-4-3-5-9-15)14-17-20(24)16-10-6-7-11-18(16)25(2)22(17)27/h6-8,10-11,14H,3-5,9,12-13H2,1-2H3,(H,23,26). The molecule has 27 heavy (non-hydrogen) atoms. The highest BCUT2D eigenvalue weighted by atomic mass is 16.2. The molecule has 3 aromatic rings. The highest BCUT2D eigenvalue weighted by Gasteiger charge is 2.18. The summed E-state index contributed by atoms with van der Waals surface area (Å²) in [5.41, 5.74) is 3.57. The van der Waals surface area contributed by atoms with Gasteiger partial charge in [-0.3, -0.25) is 9.59 Å². The first kappa shape index (κ1) is 17.6. The molecule has 0 saturated carbocycles. The van der Waals surface area contributed by atoms with Gasteiger partial charge in [0.05, 0.1) is 16.4 Å². The molecule has 0 radical (unpaired) electrons. The lowest BCUT2D eigenvalue weighted by Crippen LogP contribution is -2.26. The number of pyridine rings is 1. The third-order valence-corrected chi connectivity index (χ3v) is 5.64. The van der Waals surface area contributed by atoms with Crippen LogP contribution >= 0.6 is 0 Å². The Morgan fingerprint density at radius 3 is 2.70 bits per heavy atom. The summed E-state index contributed by atoms with van der Waals surface area (Å²) in [6.07, 6.45) is 8.03. The molecule has 0 unspecified atom stereocenters. The fourth-order valence-corrected chi connectivity index (χ4v) is 4.12.